The predicted molar refractivity (Wildman–Crippen MR) is 104 cm³/mol. The fraction of sp³-hybridized carbons (Fsp3) is 0.917. The monoisotopic (exact) mass is 372 g/mol. The van der Waals surface area contributed by atoms with Gasteiger partial charge in [-0.15, -0.1) is 0 Å². The molecule has 5 fully saturated rings. The second-order valence-corrected chi connectivity index (χ2v) is 11.0. The number of hydrogen-bond donors (Lipinski definition) is 0. The summed E-state index contributed by atoms with van der Waals surface area (Å²) in [6.45, 7) is 4.11. The maximum absolute atomic E-state index is 12.4. The minimum absolute atomic E-state index is 0.115. The summed E-state index contributed by atoms with van der Waals surface area (Å²) in [7, 11) is 0. The second kappa shape index (κ2) is 6.32. The number of carbonyl (C=O) groups excluding carboxylic acids is 2. The highest BCUT2D eigenvalue weighted by molar-refractivity contribution is 5.80. The van der Waals surface area contributed by atoms with E-state index in [4.69, 9.17) is 4.74 Å². The molecule has 0 amide bonds. The van der Waals surface area contributed by atoms with Gasteiger partial charge in [0.2, 0.25) is 0 Å². The number of ether oxygens (including phenoxy) is 1. The Morgan fingerprint density at radius 1 is 0.963 bits per heavy atom. The Labute approximate surface area is 164 Å². The maximum atomic E-state index is 12.4. The molecule has 0 unspecified atom stereocenters. The van der Waals surface area contributed by atoms with Crippen molar-refractivity contribution in [3.05, 3.63) is 0 Å². The number of carbonyl (C=O) groups is 2. The van der Waals surface area contributed by atoms with Crippen LogP contribution in [-0.2, 0) is 14.3 Å². The number of hydrogen-bond acceptors (Lipinski definition) is 3. The van der Waals surface area contributed by atoms with Gasteiger partial charge in [-0.05, 0) is 105 Å². The largest absolute Gasteiger partial charge is 0.463 e. The van der Waals surface area contributed by atoms with Crippen LogP contribution in [0.1, 0.15) is 90.9 Å². The standard InChI is InChI=1S/C24H36O3/c1-15(25)27-19-9-11-23(2)17(13-19)4-7-20-21(23)10-12-24-14-18(26)6-3-16(24)5-8-22(20)24/h16-17,19-22H,3-14H2,1-2H3/t16-,17-,19+,20+,21-,22-,23-,24+/m0/s1. The van der Waals surface area contributed by atoms with E-state index in [0.29, 0.717) is 16.6 Å². The van der Waals surface area contributed by atoms with Gasteiger partial charge in [0.05, 0.1) is 0 Å². The van der Waals surface area contributed by atoms with Gasteiger partial charge in [-0.25, -0.2) is 0 Å². The van der Waals surface area contributed by atoms with Gasteiger partial charge in [0, 0.05) is 19.8 Å². The molecular formula is C24H36O3. The summed E-state index contributed by atoms with van der Waals surface area (Å²) in [5.74, 6) is 4.49. The zero-order chi connectivity index (χ0) is 18.8. The molecule has 0 aromatic carbocycles. The van der Waals surface area contributed by atoms with E-state index in [2.05, 4.69) is 6.92 Å². The van der Waals surface area contributed by atoms with Crippen molar-refractivity contribution >= 4 is 11.8 Å². The second-order valence-electron chi connectivity index (χ2n) is 11.0. The normalized spacial score (nSPS) is 51.6. The SMILES string of the molecule is CC(=O)O[C@@H]1CC[C@@]2(C)[C@@H](CC[C@@H]3[C@@H]2CC[C@@]24CC(=O)CC[C@H]2CC[C@@H]34)C1. The van der Waals surface area contributed by atoms with Crippen molar-refractivity contribution in [1.82, 2.24) is 0 Å². The molecule has 5 aliphatic carbocycles. The first-order valence-corrected chi connectivity index (χ1v) is 11.6. The number of esters is 1. The van der Waals surface area contributed by atoms with Crippen molar-refractivity contribution in [2.24, 2.45) is 40.4 Å². The van der Waals surface area contributed by atoms with Crippen molar-refractivity contribution < 1.29 is 14.3 Å². The first-order chi connectivity index (χ1) is 12.9. The Morgan fingerprint density at radius 2 is 1.78 bits per heavy atom. The Balaban J connectivity index is 1.37. The predicted octanol–water partition coefficient (Wildman–Crippen LogP) is 5.31. The summed E-state index contributed by atoms with van der Waals surface area (Å²) in [5, 5.41) is 0. The van der Waals surface area contributed by atoms with E-state index in [1.807, 2.05) is 0 Å². The molecule has 0 aromatic rings. The van der Waals surface area contributed by atoms with E-state index in [0.717, 1.165) is 55.3 Å². The zero-order valence-electron chi connectivity index (χ0n) is 17.2. The molecule has 0 N–H and O–H groups in total. The maximum Gasteiger partial charge on any atom is 0.302 e. The molecule has 0 aromatic heterocycles. The minimum Gasteiger partial charge on any atom is -0.463 e. The number of ketones is 1. The molecule has 5 aliphatic rings. The average Bonchev–Trinajstić information content (AvgIpc) is 3.00. The fourth-order valence-corrected chi connectivity index (χ4v) is 9.07. The molecule has 0 bridgehead atoms. The van der Waals surface area contributed by atoms with Crippen LogP contribution >= 0.6 is 0 Å². The van der Waals surface area contributed by atoms with Gasteiger partial charge in [0.15, 0.2) is 0 Å². The van der Waals surface area contributed by atoms with Gasteiger partial charge in [0.1, 0.15) is 11.9 Å². The first-order valence-electron chi connectivity index (χ1n) is 11.6. The molecular weight excluding hydrogens is 336 g/mol. The summed E-state index contributed by atoms with van der Waals surface area (Å²) >= 11 is 0. The highest BCUT2D eigenvalue weighted by atomic mass is 16.5. The molecule has 8 atom stereocenters. The topological polar surface area (TPSA) is 43.4 Å². The lowest BCUT2D eigenvalue weighted by atomic mass is 9.43. The quantitative estimate of drug-likeness (QED) is 0.586. The molecule has 3 nitrogen and oxygen atoms in total. The van der Waals surface area contributed by atoms with Crippen LogP contribution in [0.15, 0.2) is 0 Å². The molecule has 5 rings (SSSR count). The molecule has 0 saturated heterocycles. The van der Waals surface area contributed by atoms with Crippen LogP contribution in [0.3, 0.4) is 0 Å². The van der Waals surface area contributed by atoms with Crippen LogP contribution in [-0.4, -0.2) is 17.9 Å². The molecule has 3 heteroatoms. The molecule has 0 heterocycles. The number of fused-ring (bicyclic) bond motifs is 4. The zero-order valence-corrected chi connectivity index (χ0v) is 17.2. The Kier molecular flexibility index (Phi) is 4.26. The summed E-state index contributed by atoms with van der Waals surface area (Å²) < 4.78 is 5.60. The highest BCUT2D eigenvalue weighted by Gasteiger charge is 2.62. The molecule has 0 radical (unpaired) electrons. The lowest BCUT2D eigenvalue weighted by molar-refractivity contribution is -0.163. The van der Waals surface area contributed by atoms with Gasteiger partial charge in [-0.3, -0.25) is 9.59 Å². The first kappa shape index (κ1) is 18.2. The number of Topliss-reactive ketones (excluding diaryl/α,β-unsaturated/α-hetero) is 1. The highest BCUT2D eigenvalue weighted by Crippen LogP contribution is 2.69. The van der Waals surface area contributed by atoms with Crippen molar-refractivity contribution in [2.45, 2.75) is 97.0 Å². The van der Waals surface area contributed by atoms with Crippen LogP contribution < -0.4 is 0 Å². The average molecular weight is 373 g/mol. The van der Waals surface area contributed by atoms with Crippen LogP contribution in [0.2, 0.25) is 0 Å². The lowest BCUT2D eigenvalue weighted by Crippen LogP contribution is -2.55. The van der Waals surface area contributed by atoms with Gasteiger partial charge < -0.3 is 4.74 Å². The minimum atomic E-state index is -0.115. The molecule has 1 spiro atoms. The Morgan fingerprint density at radius 3 is 2.59 bits per heavy atom. The van der Waals surface area contributed by atoms with Crippen molar-refractivity contribution in [1.29, 1.82) is 0 Å². The van der Waals surface area contributed by atoms with Crippen molar-refractivity contribution in [2.75, 3.05) is 0 Å². The van der Waals surface area contributed by atoms with Crippen molar-refractivity contribution in [3.63, 3.8) is 0 Å². The third kappa shape index (κ3) is 2.66. The van der Waals surface area contributed by atoms with E-state index in [-0.39, 0.29) is 12.1 Å². The molecule has 150 valence electrons. The van der Waals surface area contributed by atoms with E-state index in [1.165, 1.54) is 51.4 Å². The lowest BCUT2D eigenvalue weighted by Gasteiger charge is -2.62. The Hall–Kier alpha value is -0.860. The van der Waals surface area contributed by atoms with E-state index < -0.39 is 0 Å². The number of rotatable bonds is 1. The van der Waals surface area contributed by atoms with Crippen LogP contribution in [0.4, 0.5) is 0 Å². The van der Waals surface area contributed by atoms with Crippen LogP contribution in [0.5, 0.6) is 0 Å². The van der Waals surface area contributed by atoms with E-state index in [9.17, 15) is 9.59 Å². The summed E-state index contributed by atoms with van der Waals surface area (Å²) in [6, 6.07) is 0. The molecule has 5 saturated carbocycles. The summed E-state index contributed by atoms with van der Waals surface area (Å²) in [4.78, 5) is 23.8. The summed E-state index contributed by atoms with van der Waals surface area (Å²) in [6.07, 6.45) is 14.5. The molecule has 27 heavy (non-hydrogen) atoms. The van der Waals surface area contributed by atoms with Gasteiger partial charge in [-0.2, -0.15) is 0 Å². The third-order valence-electron chi connectivity index (χ3n) is 10.1. The Bertz CT molecular complexity index is 642. The van der Waals surface area contributed by atoms with E-state index >= 15 is 0 Å². The van der Waals surface area contributed by atoms with Gasteiger partial charge in [-0.1, -0.05) is 6.92 Å². The summed E-state index contributed by atoms with van der Waals surface area (Å²) in [5.41, 5.74) is 0.812. The van der Waals surface area contributed by atoms with Gasteiger partial charge in [0.25, 0.3) is 0 Å². The fourth-order valence-electron chi connectivity index (χ4n) is 9.07. The van der Waals surface area contributed by atoms with Gasteiger partial charge >= 0.3 is 5.97 Å². The third-order valence-corrected chi connectivity index (χ3v) is 10.1. The molecule has 0 aliphatic heterocycles. The smallest absolute Gasteiger partial charge is 0.302 e. The van der Waals surface area contributed by atoms with Crippen LogP contribution in [0.25, 0.3) is 0 Å². The van der Waals surface area contributed by atoms with E-state index in [1.54, 1.807) is 6.92 Å². The van der Waals surface area contributed by atoms with Crippen molar-refractivity contribution in [3.8, 4) is 0 Å². The van der Waals surface area contributed by atoms with Crippen LogP contribution in [0, 0.1) is 40.4 Å².